The van der Waals surface area contributed by atoms with Gasteiger partial charge in [-0.25, -0.2) is 17.9 Å². The van der Waals surface area contributed by atoms with Crippen LogP contribution in [0.25, 0.3) is 10.9 Å². The number of sulfonamides is 1. The normalized spacial score (nSPS) is 12.7. The Morgan fingerprint density at radius 3 is 2.44 bits per heavy atom. The third kappa shape index (κ3) is 8.06. The smallest absolute Gasteiger partial charge is 0.490 e. The van der Waals surface area contributed by atoms with Crippen molar-refractivity contribution < 1.29 is 40.6 Å². The number of halogens is 3. The van der Waals surface area contributed by atoms with E-state index >= 15 is 0 Å². The summed E-state index contributed by atoms with van der Waals surface area (Å²) < 4.78 is 83.4. The van der Waals surface area contributed by atoms with E-state index in [1.54, 1.807) is 24.3 Å². The highest BCUT2D eigenvalue weighted by atomic mass is 32.2. The summed E-state index contributed by atoms with van der Waals surface area (Å²) in [6, 6.07) is 18.4. The molecule has 0 saturated carbocycles. The predicted octanol–water partition coefficient (Wildman–Crippen LogP) is 5.09. The summed E-state index contributed by atoms with van der Waals surface area (Å²) >= 11 is 0. The van der Waals surface area contributed by atoms with Crippen LogP contribution < -0.4 is 19.5 Å². The van der Waals surface area contributed by atoms with Crippen molar-refractivity contribution >= 4 is 26.9 Å². The van der Waals surface area contributed by atoms with E-state index in [-0.39, 0.29) is 42.5 Å². The monoisotopic (exact) mass is 619 g/mol. The van der Waals surface area contributed by atoms with Gasteiger partial charge in [-0.3, -0.25) is 0 Å². The molecular formula is C30H32F3N3O6S. The summed E-state index contributed by atoms with van der Waals surface area (Å²) in [4.78, 5) is 14.7. The molecule has 43 heavy (non-hydrogen) atoms. The van der Waals surface area contributed by atoms with Crippen molar-refractivity contribution in [3.8, 4) is 11.5 Å². The number of aryl methyl sites for hydroxylation is 2. The van der Waals surface area contributed by atoms with E-state index in [1.165, 1.54) is 19.2 Å². The second-order valence-corrected chi connectivity index (χ2v) is 11.6. The summed E-state index contributed by atoms with van der Waals surface area (Å²) in [5.74, 6) is -1.82. The van der Waals surface area contributed by atoms with E-state index in [0.29, 0.717) is 5.75 Å². The Kier molecular flexibility index (Phi) is 9.99. The van der Waals surface area contributed by atoms with E-state index < -0.39 is 28.3 Å². The summed E-state index contributed by atoms with van der Waals surface area (Å²) in [6.07, 6.45) is -6.71. The molecule has 0 saturated heterocycles. The van der Waals surface area contributed by atoms with Crippen LogP contribution in [-0.2, 0) is 26.2 Å². The minimum absolute atomic E-state index is 0.0198. The Morgan fingerprint density at radius 1 is 1.00 bits per heavy atom. The zero-order valence-electron chi connectivity index (χ0n) is 23.7. The van der Waals surface area contributed by atoms with Gasteiger partial charge in [0.25, 0.3) is 0 Å². The number of benzene rings is 3. The molecule has 4 aromatic rings. The Balaban J connectivity index is 1.48. The maximum absolute atomic E-state index is 13.1. The molecule has 0 fully saturated rings. The SMILES string of the molecule is CNS(=O)(=O)c1cc(C(CNCCOc2ccc3c(C)c(C)[nH]c3c2)OC(=O)C(F)(F)F)ccc1OCc1ccccc1. The van der Waals surface area contributed by atoms with Gasteiger partial charge < -0.3 is 24.5 Å². The van der Waals surface area contributed by atoms with Gasteiger partial charge in [0, 0.05) is 35.8 Å². The predicted molar refractivity (Wildman–Crippen MR) is 154 cm³/mol. The number of nitrogens with one attached hydrogen (secondary N) is 3. The lowest BCUT2D eigenvalue weighted by Crippen LogP contribution is -2.33. The Bertz CT molecular complexity index is 1670. The standard InChI is InChI=1S/C30H32F3N3O6S/c1-19-20(2)36-25-16-23(10-11-24(19)25)40-14-13-35-17-27(42-29(37)30(31,32)33)22-9-12-26(28(15-22)43(38,39)34-3)41-18-21-7-5-4-6-8-21/h4-12,15-16,27,34-36H,13-14,17-18H2,1-3H3. The van der Waals surface area contributed by atoms with Crippen LogP contribution in [0.2, 0.25) is 0 Å². The second kappa shape index (κ2) is 13.5. The minimum atomic E-state index is -5.24. The number of hydrogen-bond donors (Lipinski definition) is 3. The second-order valence-electron chi connectivity index (χ2n) is 9.71. The summed E-state index contributed by atoms with van der Waals surface area (Å²) in [5.41, 5.74) is 3.91. The lowest BCUT2D eigenvalue weighted by Gasteiger charge is -2.21. The molecule has 230 valence electrons. The van der Waals surface area contributed by atoms with Crippen LogP contribution in [0, 0.1) is 13.8 Å². The van der Waals surface area contributed by atoms with Gasteiger partial charge in [0.1, 0.15) is 35.7 Å². The average Bonchev–Trinajstić information content (AvgIpc) is 3.27. The van der Waals surface area contributed by atoms with Crippen LogP contribution in [0.15, 0.2) is 71.6 Å². The van der Waals surface area contributed by atoms with Gasteiger partial charge in [0.15, 0.2) is 0 Å². The van der Waals surface area contributed by atoms with E-state index in [0.717, 1.165) is 33.8 Å². The molecule has 0 aliphatic rings. The van der Waals surface area contributed by atoms with Gasteiger partial charge in [0.05, 0.1) is 0 Å². The van der Waals surface area contributed by atoms with Crippen molar-refractivity contribution in [1.82, 2.24) is 15.0 Å². The van der Waals surface area contributed by atoms with Gasteiger partial charge in [-0.15, -0.1) is 0 Å². The summed E-state index contributed by atoms with van der Waals surface area (Å²) in [5, 5.41) is 4.00. The highest BCUT2D eigenvalue weighted by Gasteiger charge is 2.42. The third-order valence-electron chi connectivity index (χ3n) is 6.77. The molecule has 3 N–H and O–H groups in total. The number of aromatic amines is 1. The Morgan fingerprint density at radius 2 is 1.74 bits per heavy atom. The highest BCUT2D eigenvalue weighted by Crippen LogP contribution is 2.31. The van der Waals surface area contributed by atoms with Gasteiger partial charge in [-0.1, -0.05) is 36.4 Å². The number of rotatable bonds is 13. The molecule has 13 heteroatoms. The summed E-state index contributed by atoms with van der Waals surface area (Å²) in [7, 11) is -2.91. The molecule has 1 atom stereocenters. The van der Waals surface area contributed by atoms with Crippen molar-refractivity contribution in [2.75, 3.05) is 26.7 Å². The van der Waals surface area contributed by atoms with E-state index in [1.807, 2.05) is 38.1 Å². The van der Waals surface area contributed by atoms with Gasteiger partial charge in [-0.2, -0.15) is 13.2 Å². The molecule has 1 aromatic heterocycles. The lowest BCUT2D eigenvalue weighted by atomic mass is 10.1. The molecule has 0 bridgehead atoms. The van der Waals surface area contributed by atoms with Crippen LogP contribution in [-0.4, -0.2) is 52.3 Å². The Hall–Kier alpha value is -4.07. The number of alkyl halides is 3. The van der Waals surface area contributed by atoms with Crippen molar-refractivity contribution in [3.05, 3.63) is 89.1 Å². The van der Waals surface area contributed by atoms with Crippen LogP contribution in [0.5, 0.6) is 11.5 Å². The first-order valence-corrected chi connectivity index (χ1v) is 14.8. The largest absolute Gasteiger partial charge is 0.492 e. The first-order chi connectivity index (χ1) is 20.4. The molecule has 0 aliphatic carbocycles. The lowest BCUT2D eigenvalue weighted by molar-refractivity contribution is -0.205. The molecule has 4 rings (SSSR count). The number of carbonyl (C=O) groups excluding carboxylic acids is 1. The van der Waals surface area contributed by atoms with Crippen LogP contribution >= 0.6 is 0 Å². The molecule has 1 unspecified atom stereocenters. The van der Waals surface area contributed by atoms with Crippen molar-refractivity contribution in [1.29, 1.82) is 0 Å². The van der Waals surface area contributed by atoms with Gasteiger partial charge in [0.2, 0.25) is 10.0 Å². The fourth-order valence-corrected chi connectivity index (χ4v) is 5.24. The molecule has 0 aliphatic heterocycles. The Labute approximate surface area is 247 Å². The van der Waals surface area contributed by atoms with Gasteiger partial charge in [-0.05, 0) is 61.9 Å². The van der Waals surface area contributed by atoms with Crippen molar-refractivity contribution in [2.45, 2.75) is 37.6 Å². The van der Waals surface area contributed by atoms with Crippen molar-refractivity contribution in [3.63, 3.8) is 0 Å². The number of aromatic nitrogens is 1. The number of hydrogen-bond acceptors (Lipinski definition) is 7. The van der Waals surface area contributed by atoms with Crippen LogP contribution in [0.1, 0.15) is 28.5 Å². The fraction of sp³-hybridized carbons (Fsp3) is 0.300. The van der Waals surface area contributed by atoms with E-state index in [9.17, 15) is 26.4 Å². The molecule has 0 spiro atoms. The molecule has 3 aromatic carbocycles. The molecule has 1 heterocycles. The molecule has 0 radical (unpaired) electrons. The number of carbonyl (C=O) groups is 1. The number of fused-ring (bicyclic) bond motifs is 1. The topological polar surface area (TPSA) is 119 Å². The first-order valence-electron chi connectivity index (χ1n) is 13.3. The number of esters is 1. The quantitative estimate of drug-likeness (QED) is 0.141. The first kappa shape index (κ1) is 31.9. The maximum atomic E-state index is 13.1. The van der Waals surface area contributed by atoms with E-state index in [2.05, 4.69) is 15.0 Å². The molecular weight excluding hydrogens is 587 g/mol. The number of H-pyrrole nitrogens is 1. The zero-order valence-corrected chi connectivity index (χ0v) is 24.6. The van der Waals surface area contributed by atoms with E-state index in [4.69, 9.17) is 14.2 Å². The zero-order chi connectivity index (χ0) is 31.2. The van der Waals surface area contributed by atoms with Crippen LogP contribution in [0.3, 0.4) is 0 Å². The minimum Gasteiger partial charge on any atom is -0.492 e. The maximum Gasteiger partial charge on any atom is 0.490 e. The summed E-state index contributed by atoms with van der Waals surface area (Å²) in [6.45, 7) is 4.16. The molecule has 9 nitrogen and oxygen atoms in total. The third-order valence-corrected chi connectivity index (χ3v) is 8.21. The number of ether oxygens (including phenoxy) is 3. The van der Waals surface area contributed by atoms with Gasteiger partial charge >= 0.3 is 12.1 Å². The highest BCUT2D eigenvalue weighted by molar-refractivity contribution is 7.89. The molecule has 0 amide bonds. The average molecular weight is 620 g/mol. The fourth-order valence-electron chi connectivity index (χ4n) is 4.34. The van der Waals surface area contributed by atoms with Crippen molar-refractivity contribution in [2.24, 2.45) is 0 Å². The van der Waals surface area contributed by atoms with Crippen LogP contribution in [0.4, 0.5) is 13.2 Å².